The van der Waals surface area contributed by atoms with E-state index in [1.807, 2.05) is 27.7 Å². The molecular formula is C13H27N. The van der Waals surface area contributed by atoms with Crippen molar-refractivity contribution in [1.82, 2.24) is 0 Å². The molecule has 0 saturated heterocycles. The van der Waals surface area contributed by atoms with Crippen molar-refractivity contribution in [1.29, 1.82) is 0 Å². The molecule has 14 heavy (non-hydrogen) atoms. The molecule has 0 aliphatic heterocycles. The first kappa shape index (κ1) is 15.9. The van der Waals surface area contributed by atoms with Crippen LogP contribution in [-0.4, -0.2) is 6.04 Å². The van der Waals surface area contributed by atoms with Crippen molar-refractivity contribution >= 4 is 0 Å². The first-order valence-electron chi connectivity index (χ1n) is 5.84. The fraction of sp³-hybridized carbons (Fsp3) is 0.692. The molecule has 1 fully saturated rings. The van der Waals surface area contributed by atoms with E-state index in [1.54, 1.807) is 0 Å². The lowest BCUT2D eigenvalue weighted by atomic mass is 10.1. The summed E-state index contributed by atoms with van der Waals surface area (Å²) in [5.41, 5.74) is 8.66. The predicted molar refractivity (Wildman–Crippen MR) is 67.4 cm³/mol. The van der Waals surface area contributed by atoms with Crippen molar-refractivity contribution < 1.29 is 0 Å². The van der Waals surface area contributed by atoms with Gasteiger partial charge in [0, 0.05) is 6.04 Å². The maximum atomic E-state index is 5.78. The summed E-state index contributed by atoms with van der Waals surface area (Å²) in [6.07, 6.45) is 6.47. The zero-order valence-electron chi connectivity index (χ0n) is 10.7. The van der Waals surface area contributed by atoms with Crippen LogP contribution in [0.5, 0.6) is 0 Å². The van der Waals surface area contributed by atoms with Gasteiger partial charge in [0.05, 0.1) is 0 Å². The number of hydrogen-bond acceptors (Lipinski definition) is 1. The molecule has 0 bridgehead atoms. The van der Waals surface area contributed by atoms with Crippen LogP contribution in [-0.2, 0) is 0 Å². The number of allylic oxidation sites excluding steroid dienone is 2. The van der Waals surface area contributed by atoms with Crippen molar-refractivity contribution in [2.45, 2.75) is 60.4 Å². The van der Waals surface area contributed by atoms with Gasteiger partial charge < -0.3 is 5.73 Å². The van der Waals surface area contributed by atoms with Crippen molar-refractivity contribution in [3.63, 3.8) is 0 Å². The lowest BCUT2D eigenvalue weighted by Gasteiger charge is -1.94. The van der Waals surface area contributed by atoms with Gasteiger partial charge in [0.25, 0.3) is 0 Å². The molecule has 0 aromatic rings. The highest BCUT2D eigenvalue weighted by Crippen LogP contribution is 2.28. The van der Waals surface area contributed by atoms with E-state index in [-0.39, 0.29) is 0 Å². The average Bonchev–Trinajstić information content (AvgIpc) is 2.64. The van der Waals surface area contributed by atoms with Crippen LogP contribution in [0, 0.1) is 0 Å². The molecule has 0 atom stereocenters. The molecule has 0 aromatic carbocycles. The van der Waals surface area contributed by atoms with Gasteiger partial charge in [-0.3, -0.25) is 0 Å². The van der Waals surface area contributed by atoms with Gasteiger partial charge in [0.2, 0.25) is 0 Å². The van der Waals surface area contributed by atoms with Crippen LogP contribution in [0.1, 0.15) is 54.4 Å². The van der Waals surface area contributed by atoms with Crippen molar-refractivity contribution in [3.05, 3.63) is 23.3 Å². The summed E-state index contributed by atoms with van der Waals surface area (Å²) in [6.45, 7) is 12.2. The van der Waals surface area contributed by atoms with E-state index in [0.717, 1.165) is 12.8 Å². The van der Waals surface area contributed by atoms with Gasteiger partial charge in [0.15, 0.2) is 0 Å². The molecule has 0 heterocycles. The van der Waals surface area contributed by atoms with Crippen LogP contribution in [0.25, 0.3) is 0 Å². The summed E-state index contributed by atoms with van der Waals surface area (Å²) in [6, 6.07) is 0.373. The van der Waals surface area contributed by atoms with Crippen molar-refractivity contribution in [3.8, 4) is 0 Å². The number of nitrogens with two attached hydrogens (primary N) is 1. The van der Waals surface area contributed by atoms with E-state index in [1.165, 1.54) is 11.1 Å². The van der Waals surface area contributed by atoms with Crippen LogP contribution in [0.15, 0.2) is 23.3 Å². The first-order chi connectivity index (χ1) is 6.77. The van der Waals surface area contributed by atoms with Gasteiger partial charge in [0.1, 0.15) is 0 Å². The van der Waals surface area contributed by atoms with E-state index in [2.05, 4.69) is 26.0 Å². The number of rotatable bonds is 0. The smallest absolute Gasteiger partial charge is 0.0120 e. The molecule has 0 spiro atoms. The van der Waals surface area contributed by atoms with Gasteiger partial charge in [-0.25, -0.2) is 0 Å². The standard InChI is InChI=1S/C9H15N.2C2H6/c1-3-7-5-9(10)6-8(7)4-2;2*1-2/h3-4,9H,5-6,10H2,1-2H3;2*1-2H3/b7-3-,8-4-;;. The van der Waals surface area contributed by atoms with Crippen LogP contribution >= 0.6 is 0 Å². The molecule has 0 unspecified atom stereocenters. The minimum Gasteiger partial charge on any atom is -0.327 e. The van der Waals surface area contributed by atoms with E-state index in [0.29, 0.717) is 6.04 Å². The van der Waals surface area contributed by atoms with Crippen LogP contribution < -0.4 is 5.73 Å². The highest BCUT2D eigenvalue weighted by atomic mass is 14.6. The molecule has 0 amide bonds. The lowest BCUT2D eigenvalue weighted by molar-refractivity contribution is 0.734. The van der Waals surface area contributed by atoms with Gasteiger partial charge in [-0.1, -0.05) is 39.8 Å². The second kappa shape index (κ2) is 10.5. The zero-order chi connectivity index (χ0) is 11.6. The van der Waals surface area contributed by atoms with Crippen LogP contribution in [0.4, 0.5) is 0 Å². The Morgan fingerprint density at radius 3 is 1.43 bits per heavy atom. The average molecular weight is 197 g/mol. The molecule has 1 nitrogen and oxygen atoms in total. The summed E-state index contributed by atoms with van der Waals surface area (Å²) < 4.78 is 0. The minimum atomic E-state index is 0.373. The predicted octanol–water partition coefficient (Wildman–Crippen LogP) is 4.05. The molecule has 1 aliphatic carbocycles. The van der Waals surface area contributed by atoms with E-state index in [9.17, 15) is 0 Å². The Hall–Kier alpha value is -0.560. The van der Waals surface area contributed by atoms with Crippen molar-refractivity contribution in [2.24, 2.45) is 5.73 Å². The van der Waals surface area contributed by atoms with E-state index in [4.69, 9.17) is 5.73 Å². The highest BCUT2D eigenvalue weighted by Gasteiger charge is 2.18. The van der Waals surface area contributed by atoms with E-state index >= 15 is 0 Å². The van der Waals surface area contributed by atoms with Gasteiger partial charge >= 0.3 is 0 Å². The normalized spacial score (nSPS) is 21.4. The Kier molecular flexibility index (Phi) is 11.9. The molecule has 2 N–H and O–H groups in total. The fourth-order valence-electron chi connectivity index (χ4n) is 1.51. The molecule has 84 valence electrons. The van der Waals surface area contributed by atoms with Gasteiger partial charge in [-0.2, -0.15) is 0 Å². The summed E-state index contributed by atoms with van der Waals surface area (Å²) in [4.78, 5) is 0. The van der Waals surface area contributed by atoms with Crippen molar-refractivity contribution in [2.75, 3.05) is 0 Å². The minimum absolute atomic E-state index is 0.373. The third-order valence-corrected chi connectivity index (χ3v) is 2.07. The van der Waals surface area contributed by atoms with Crippen LogP contribution in [0.3, 0.4) is 0 Å². The van der Waals surface area contributed by atoms with Gasteiger partial charge in [-0.15, -0.1) is 0 Å². The zero-order valence-corrected chi connectivity index (χ0v) is 10.7. The molecule has 1 saturated carbocycles. The molecule has 1 aliphatic rings. The molecule has 1 heteroatoms. The third-order valence-electron chi connectivity index (χ3n) is 2.07. The van der Waals surface area contributed by atoms with Crippen LogP contribution in [0.2, 0.25) is 0 Å². The Balaban J connectivity index is 0. The Morgan fingerprint density at radius 1 is 0.929 bits per heavy atom. The Labute approximate surface area is 90.1 Å². The quantitative estimate of drug-likeness (QED) is 0.623. The maximum absolute atomic E-state index is 5.78. The highest BCUT2D eigenvalue weighted by molar-refractivity contribution is 5.36. The third kappa shape index (κ3) is 5.23. The molecule has 0 radical (unpaired) electrons. The molecule has 0 aromatic heterocycles. The lowest BCUT2D eigenvalue weighted by Crippen LogP contribution is -2.13. The second-order valence-electron chi connectivity index (χ2n) is 2.80. The second-order valence-corrected chi connectivity index (χ2v) is 2.80. The Morgan fingerprint density at radius 2 is 1.21 bits per heavy atom. The topological polar surface area (TPSA) is 26.0 Å². The summed E-state index contributed by atoms with van der Waals surface area (Å²) in [5.74, 6) is 0. The first-order valence-corrected chi connectivity index (χ1v) is 5.84. The summed E-state index contributed by atoms with van der Waals surface area (Å²) in [5, 5.41) is 0. The maximum Gasteiger partial charge on any atom is 0.0120 e. The largest absolute Gasteiger partial charge is 0.327 e. The SMILES string of the molecule is C/C=C1/CC(N)C/C1=C/C.CC.CC. The number of hydrogen-bond donors (Lipinski definition) is 1. The summed E-state index contributed by atoms with van der Waals surface area (Å²) >= 11 is 0. The fourth-order valence-corrected chi connectivity index (χ4v) is 1.51. The Bertz CT molecular complexity index is 158. The molecular weight excluding hydrogens is 170 g/mol. The monoisotopic (exact) mass is 197 g/mol. The van der Waals surface area contributed by atoms with E-state index < -0.39 is 0 Å². The van der Waals surface area contributed by atoms with Gasteiger partial charge in [-0.05, 0) is 37.8 Å². The molecule has 1 rings (SSSR count). The summed E-state index contributed by atoms with van der Waals surface area (Å²) in [7, 11) is 0.